The molecule has 1 nitrogen and oxygen atoms in total. The van der Waals surface area contributed by atoms with E-state index in [2.05, 4.69) is 20.8 Å². The quantitative estimate of drug-likeness (QED) is 0.600. The van der Waals surface area contributed by atoms with Gasteiger partial charge in [-0.3, -0.25) is 0 Å². The van der Waals surface area contributed by atoms with Gasteiger partial charge in [-0.15, -0.1) is 0 Å². The third-order valence-corrected chi connectivity index (χ3v) is 3.91. The zero-order valence-corrected chi connectivity index (χ0v) is 8.97. The molecule has 1 fully saturated rings. The van der Waals surface area contributed by atoms with Gasteiger partial charge in [-0.1, -0.05) is 13.3 Å². The van der Waals surface area contributed by atoms with Gasteiger partial charge in [-0.25, -0.2) is 0 Å². The van der Waals surface area contributed by atoms with Gasteiger partial charge in [-0.2, -0.15) is 0 Å². The van der Waals surface area contributed by atoms with Crippen LogP contribution in [0, 0.1) is 11.8 Å². The van der Waals surface area contributed by atoms with Crippen molar-refractivity contribution in [2.24, 2.45) is 11.8 Å². The summed E-state index contributed by atoms with van der Waals surface area (Å²) < 4.78 is 5.85. The third kappa shape index (κ3) is 1.49. The topological polar surface area (TPSA) is 9.23 Å². The van der Waals surface area contributed by atoms with Crippen LogP contribution >= 0.6 is 0 Å². The van der Waals surface area contributed by atoms with Gasteiger partial charge in [0.2, 0.25) is 0 Å². The maximum Gasteiger partial charge on any atom is 0.105 e. The van der Waals surface area contributed by atoms with E-state index in [0.717, 1.165) is 11.8 Å². The van der Waals surface area contributed by atoms with Crippen LogP contribution in [0.25, 0.3) is 0 Å². The molecule has 0 bridgehead atoms. The number of allylic oxidation sites excluding steroid dienone is 1. The molecule has 0 radical (unpaired) electrons. The van der Waals surface area contributed by atoms with Crippen molar-refractivity contribution in [1.29, 1.82) is 0 Å². The summed E-state index contributed by atoms with van der Waals surface area (Å²) >= 11 is 0. The number of hydrogen-bond acceptors (Lipinski definition) is 1. The Kier molecular flexibility index (Phi) is 2.35. The lowest BCUT2D eigenvalue weighted by molar-refractivity contribution is 0.0640. The summed E-state index contributed by atoms with van der Waals surface area (Å²) in [6.07, 6.45) is 5.89. The SMILES string of the molecule is CCC1CCC2OC(C)=C(C)[C@H]2C1. The van der Waals surface area contributed by atoms with Crippen LogP contribution in [0.15, 0.2) is 11.3 Å². The minimum Gasteiger partial charge on any atom is -0.494 e. The van der Waals surface area contributed by atoms with Gasteiger partial charge in [-0.05, 0) is 44.6 Å². The second-order valence-electron chi connectivity index (χ2n) is 4.59. The maximum absolute atomic E-state index is 5.85. The van der Waals surface area contributed by atoms with Crippen LogP contribution in [0.1, 0.15) is 46.5 Å². The zero-order chi connectivity index (χ0) is 9.42. The Bertz CT molecular complexity index is 229. The normalized spacial score (nSPS) is 38.8. The van der Waals surface area contributed by atoms with Crippen molar-refractivity contribution in [2.75, 3.05) is 0 Å². The Morgan fingerprint density at radius 2 is 2.08 bits per heavy atom. The summed E-state index contributed by atoms with van der Waals surface area (Å²) in [5.74, 6) is 2.90. The van der Waals surface area contributed by atoms with E-state index in [1.807, 2.05) is 0 Å². The molecule has 1 aliphatic heterocycles. The molecule has 2 unspecified atom stereocenters. The van der Waals surface area contributed by atoms with Crippen molar-refractivity contribution < 1.29 is 4.74 Å². The average molecular weight is 180 g/mol. The van der Waals surface area contributed by atoms with Crippen LogP contribution in [-0.4, -0.2) is 6.10 Å². The van der Waals surface area contributed by atoms with Crippen LogP contribution in [0.4, 0.5) is 0 Å². The molecule has 1 heteroatoms. The molecule has 13 heavy (non-hydrogen) atoms. The van der Waals surface area contributed by atoms with Crippen molar-refractivity contribution >= 4 is 0 Å². The van der Waals surface area contributed by atoms with E-state index in [9.17, 15) is 0 Å². The minimum absolute atomic E-state index is 0.530. The molecule has 0 spiro atoms. The first-order chi connectivity index (χ1) is 6.22. The molecule has 0 aromatic carbocycles. The zero-order valence-electron chi connectivity index (χ0n) is 8.97. The van der Waals surface area contributed by atoms with Gasteiger partial charge >= 0.3 is 0 Å². The Balaban J connectivity index is 2.08. The van der Waals surface area contributed by atoms with Gasteiger partial charge in [0.25, 0.3) is 0 Å². The Hall–Kier alpha value is -0.460. The highest BCUT2D eigenvalue weighted by molar-refractivity contribution is 5.16. The molecule has 2 rings (SSSR count). The molecule has 0 amide bonds. The van der Waals surface area contributed by atoms with Gasteiger partial charge in [0.15, 0.2) is 0 Å². The molecule has 1 aliphatic carbocycles. The second kappa shape index (κ2) is 3.36. The average Bonchev–Trinajstić information content (AvgIpc) is 2.43. The van der Waals surface area contributed by atoms with Crippen molar-refractivity contribution in [1.82, 2.24) is 0 Å². The highest BCUT2D eigenvalue weighted by Crippen LogP contribution is 2.42. The second-order valence-corrected chi connectivity index (χ2v) is 4.59. The van der Waals surface area contributed by atoms with Crippen LogP contribution in [0.5, 0.6) is 0 Å². The van der Waals surface area contributed by atoms with Crippen molar-refractivity contribution in [2.45, 2.75) is 52.6 Å². The lowest BCUT2D eigenvalue weighted by Gasteiger charge is -2.31. The van der Waals surface area contributed by atoms with E-state index < -0.39 is 0 Å². The Morgan fingerprint density at radius 3 is 2.77 bits per heavy atom. The monoisotopic (exact) mass is 180 g/mol. The summed E-state index contributed by atoms with van der Waals surface area (Å²) in [6, 6.07) is 0. The minimum atomic E-state index is 0.530. The summed E-state index contributed by atoms with van der Waals surface area (Å²) in [5.41, 5.74) is 1.52. The first-order valence-corrected chi connectivity index (χ1v) is 5.56. The third-order valence-electron chi connectivity index (χ3n) is 3.91. The highest BCUT2D eigenvalue weighted by atomic mass is 16.5. The molecular weight excluding hydrogens is 160 g/mol. The first kappa shape index (κ1) is 9.11. The molecule has 0 saturated heterocycles. The smallest absolute Gasteiger partial charge is 0.105 e. The summed E-state index contributed by atoms with van der Waals surface area (Å²) in [7, 11) is 0. The van der Waals surface area contributed by atoms with Gasteiger partial charge in [0, 0.05) is 5.92 Å². The summed E-state index contributed by atoms with van der Waals surface area (Å²) in [6.45, 7) is 6.68. The van der Waals surface area contributed by atoms with Crippen LogP contribution in [0.3, 0.4) is 0 Å². The molecule has 1 saturated carbocycles. The largest absolute Gasteiger partial charge is 0.494 e. The van der Waals surface area contributed by atoms with Gasteiger partial charge in [0.05, 0.1) is 5.76 Å². The van der Waals surface area contributed by atoms with Gasteiger partial charge in [0.1, 0.15) is 6.10 Å². The molecule has 0 aromatic heterocycles. The van der Waals surface area contributed by atoms with E-state index in [-0.39, 0.29) is 0 Å². The van der Waals surface area contributed by atoms with Crippen molar-refractivity contribution in [3.63, 3.8) is 0 Å². The standard InChI is InChI=1S/C12H20O/c1-4-10-5-6-12-11(7-10)8(2)9(3)13-12/h10-12H,4-7H2,1-3H3/t10?,11-,12?/m1/s1. The fourth-order valence-corrected chi connectivity index (χ4v) is 2.78. The number of fused-ring (bicyclic) bond motifs is 1. The van der Waals surface area contributed by atoms with E-state index in [0.29, 0.717) is 6.10 Å². The van der Waals surface area contributed by atoms with E-state index in [4.69, 9.17) is 4.74 Å². The lowest BCUT2D eigenvalue weighted by Crippen LogP contribution is -2.27. The van der Waals surface area contributed by atoms with Crippen LogP contribution in [0.2, 0.25) is 0 Å². The Morgan fingerprint density at radius 1 is 1.31 bits per heavy atom. The predicted octanol–water partition coefficient (Wildman–Crippen LogP) is 3.51. The Labute approximate surface area is 81.2 Å². The highest BCUT2D eigenvalue weighted by Gasteiger charge is 2.37. The molecule has 0 N–H and O–H groups in total. The molecule has 0 aromatic rings. The van der Waals surface area contributed by atoms with E-state index >= 15 is 0 Å². The fraction of sp³-hybridized carbons (Fsp3) is 0.833. The number of ether oxygens (including phenoxy) is 1. The molecule has 74 valence electrons. The van der Waals surface area contributed by atoms with Crippen LogP contribution in [-0.2, 0) is 4.74 Å². The maximum atomic E-state index is 5.85. The molecule has 1 heterocycles. The van der Waals surface area contributed by atoms with Crippen molar-refractivity contribution in [3.05, 3.63) is 11.3 Å². The van der Waals surface area contributed by atoms with Crippen molar-refractivity contribution in [3.8, 4) is 0 Å². The first-order valence-electron chi connectivity index (χ1n) is 5.56. The predicted molar refractivity (Wildman–Crippen MR) is 54.4 cm³/mol. The number of rotatable bonds is 1. The summed E-state index contributed by atoms with van der Waals surface area (Å²) in [4.78, 5) is 0. The lowest BCUT2D eigenvalue weighted by atomic mass is 9.76. The van der Waals surface area contributed by atoms with E-state index in [1.54, 1.807) is 0 Å². The van der Waals surface area contributed by atoms with E-state index in [1.165, 1.54) is 37.0 Å². The molecule has 2 aliphatic rings. The fourth-order valence-electron chi connectivity index (χ4n) is 2.78. The van der Waals surface area contributed by atoms with Gasteiger partial charge < -0.3 is 4.74 Å². The summed E-state index contributed by atoms with van der Waals surface area (Å²) in [5, 5.41) is 0. The molecule has 3 atom stereocenters. The van der Waals surface area contributed by atoms with Crippen LogP contribution < -0.4 is 0 Å². The number of hydrogen-bond donors (Lipinski definition) is 0. The molecular formula is C12H20O.